The number of rotatable bonds is 18. The second-order valence-corrected chi connectivity index (χ2v) is 11.5. The Morgan fingerprint density at radius 1 is 0.861 bits per heavy atom. The van der Waals surface area contributed by atoms with E-state index >= 15 is 0 Å². The van der Waals surface area contributed by atoms with E-state index in [4.69, 9.17) is 4.74 Å². The van der Waals surface area contributed by atoms with Crippen molar-refractivity contribution in [1.82, 2.24) is 9.62 Å². The largest absolute Gasteiger partial charge is 0.461 e. The molecule has 0 aliphatic heterocycles. The van der Waals surface area contributed by atoms with Gasteiger partial charge in [-0.2, -0.15) is 0 Å². The SMILES string of the molecule is CCCCCCCCCCc1ccc(S(=O)(=O)N[C@H](CC(=O)OCc2ccccc2)CN(C)C)cc1. The molecule has 2 rings (SSSR count). The standard InChI is InChI=1S/C29H44N2O4S/c1-4-5-6-7-8-9-10-12-15-25-18-20-28(21-19-25)36(33,34)30-27(23-31(2)3)22-29(32)35-24-26-16-13-11-14-17-26/h11,13-14,16-21,27,30H,4-10,12,15,22-24H2,1-3H3/t27-/m1/s1. The van der Waals surface area contributed by atoms with Gasteiger partial charge in [0.1, 0.15) is 6.61 Å². The van der Waals surface area contributed by atoms with Crippen molar-refractivity contribution in [2.24, 2.45) is 0 Å². The van der Waals surface area contributed by atoms with Crippen LogP contribution < -0.4 is 4.72 Å². The Bertz CT molecular complexity index is 976. The summed E-state index contributed by atoms with van der Waals surface area (Å²) in [6.07, 6.45) is 11.1. The topological polar surface area (TPSA) is 75.7 Å². The van der Waals surface area contributed by atoms with E-state index in [-0.39, 0.29) is 17.9 Å². The van der Waals surface area contributed by atoms with Gasteiger partial charge in [0.2, 0.25) is 10.0 Å². The van der Waals surface area contributed by atoms with Gasteiger partial charge in [0.25, 0.3) is 0 Å². The molecule has 2 aromatic rings. The number of carbonyl (C=O) groups is 1. The Morgan fingerprint density at radius 2 is 1.47 bits per heavy atom. The Morgan fingerprint density at radius 3 is 2.08 bits per heavy atom. The van der Waals surface area contributed by atoms with Crippen molar-refractivity contribution in [3.63, 3.8) is 0 Å². The van der Waals surface area contributed by atoms with Crippen LogP contribution in [0.1, 0.15) is 75.8 Å². The molecule has 1 N–H and O–H groups in total. The Hall–Kier alpha value is -2.22. The molecule has 1 atom stereocenters. The van der Waals surface area contributed by atoms with Gasteiger partial charge in [-0.3, -0.25) is 4.79 Å². The summed E-state index contributed by atoms with van der Waals surface area (Å²) in [6.45, 7) is 2.79. The molecule has 0 radical (unpaired) electrons. The number of unbranched alkanes of at least 4 members (excludes halogenated alkanes) is 7. The van der Waals surface area contributed by atoms with E-state index < -0.39 is 22.0 Å². The molecule has 0 bridgehead atoms. The maximum Gasteiger partial charge on any atom is 0.307 e. The monoisotopic (exact) mass is 516 g/mol. The Labute approximate surface area is 218 Å². The van der Waals surface area contributed by atoms with Gasteiger partial charge in [0, 0.05) is 12.6 Å². The molecule has 0 aliphatic carbocycles. The molecule has 0 amide bonds. The molecular weight excluding hydrogens is 472 g/mol. The predicted octanol–water partition coefficient (Wildman–Crippen LogP) is 5.71. The van der Waals surface area contributed by atoms with Crippen LogP contribution in [0.3, 0.4) is 0 Å². The number of hydrogen-bond donors (Lipinski definition) is 1. The molecule has 200 valence electrons. The van der Waals surface area contributed by atoms with Gasteiger partial charge < -0.3 is 9.64 Å². The molecule has 0 unspecified atom stereocenters. The summed E-state index contributed by atoms with van der Waals surface area (Å²) in [4.78, 5) is 14.5. The second kappa shape index (κ2) is 16.5. The zero-order chi connectivity index (χ0) is 26.2. The summed E-state index contributed by atoms with van der Waals surface area (Å²) in [5.74, 6) is -0.436. The number of sulfonamides is 1. The van der Waals surface area contributed by atoms with Crippen LogP contribution in [0.15, 0.2) is 59.5 Å². The summed E-state index contributed by atoms with van der Waals surface area (Å²) in [5, 5.41) is 0. The van der Waals surface area contributed by atoms with Crippen LogP contribution in [0, 0.1) is 0 Å². The minimum absolute atomic E-state index is 0.0409. The predicted molar refractivity (Wildman–Crippen MR) is 146 cm³/mol. The number of ether oxygens (including phenoxy) is 1. The van der Waals surface area contributed by atoms with Gasteiger partial charge in [-0.15, -0.1) is 0 Å². The van der Waals surface area contributed by atoms with Gasteiger partial charge in [0.05, 0.1) is 11.3 Å². The molecule has 0 heterocycles. The summed E-state index contributed by atoms with van der Waals surface area (Å²) in [6, 6.07) is 15.9. The highest BCUT2D eigenvalue weighted by atomic mass is 32.2. The first-order valence-corrected chi connectivity index (χ1v) is 14.7. The van der Waals surface area contributed by atoms with Crippen molar-refractivity contribution in [1.29, 1.82) is 0 Å². The summed E-state index contributed by atoms with van der Waals surface area (Å²) in [7, 11) is -0.0716. The van der Waals surface area contributed by atoms with Crippen LogP contribution in [0.4, 0.5) is 0 Å². The summed E-state index contributed by atoms with van der Waals surface area (Å²) < 4.78 is 34.1. The number of hydrogen-bond acceptors (Lipinski definition) is 5. The number of aryl methyl sites for hydroxylation is 1. The maximum absolute atomic E-state index is 13.0. The molecule has 0 saturated carbocycles. The van der Waals surface area contributed by atoms with Gasteiger partial charge >= 0.3 is 5.97 Å². The molecule has 7 heteroatoms. The average Bonchev–Trinajstić information content (AvgIpc) is 2.84. The fraction of sp³-hybridized carbons (Fsp3) is 0.552. The second-order valence-electron chi connectivity index (χ2n) is 9.80. The molecule has 2 aromatic carbocycles. The third-order valence-corrected chi connectivity index (χ3v) is 7.65. The first kappa shape index (κ1) is 30.0. The molecule has 36 heavy (non-hydrogen) atoms. The van der Waals surface area contributed by atoms with Crippen molar-refractivity contribution in [3.8, 4) is 0 Å². The van der Waals surface area contributed by atoms with Crippen molar-refractivity contribution in [2.45, 2.75) is 88.7 Å². The Kier molecular flexibility index (Phi) is 13.8. The summed E-state index contributed by atoms with van der Waals surface area (Å²) >= 11 is 0. The third-order valence-electron chi connectivity index (χ3n) is 6.12. The quantitative estimate of drug-likeness (QED) is 0.203. The number of carbonyl (C=O) groups excluding carboxylic acids is 1. The molecule has 0 aromatic heterocycles. The van der Waals surface area contributed by atoms with E-state index in [1.165, 1.54) is 44.9 Å². The maximum atomic E-state index is 13.0. The van der Waals surface area contributed by atoms with E-state index in [0.29, 0.717) is 6.54 Å². The minimum Gasteiger partial charge on any atom is -0.461 e. The number of nitrogens with zero attached hydrogens (tertiary/aromatic N) is 1. The molecule has 0 spiro atoms. The van der Waals surface area contributed by atoms with Crippen molar-refractivity contribution in [3.05, 3.63) is 65.7 Å². The van der Waals surface area contributed by atoms with E-state index in [0.717, 1.165) is 24.0 Å². The average molecular weight is 517 g/mol. The smallest absolute Gasteiger partial charge is 0.307 e. The lowest BCUT2D eigenvalue weighted by Gasteiger charge is -2.22. The van der Waals surface area contributed by atoms with E-state index in [1.807, 2.05) is 61.5 Å². The zero-order valence-corrected chi connectivity index (χ0v) is 23.1. The summed E-state index contributed by atoms with van der Waals surface area (Å²) in [5.41, 5.74) is 2.04. The number of esters is 1. The fourth-order valence-corrected chi connectivity index (χ4v) is 5.40. The normalized spacial score (nSPS) is 12.6. The van der Waals surface area contributed by atoms with Crippen LogP contribution in [0.2, 0.25) is 0 Å². The molecule has 0 fully saturated rings. The highest BCUT2D eigenvalue weighted by Gasteiger charge is 2.23. The van der Waals surface area contributed by atoms with Gasteiger partial charge in [0.15, 0.2) is 0 Å². The van der Waals surface area contributed by atoms with Gasteiger partial charge in [-0.1, -0.05) is 94.3 Å². The van der Waals surface area contributed by atoms with Crippen LogP contribution in [-0.4, -0.2) is 46.0 Å². The highest BCUT2D eigenvalue weighted by Crippen LogP contribution is 2.16. The van der Waals surface area contributed by atoms with Crippen molar-refractivity contribution < 1.29 is 17.9 Å². The van der Waals surface area contributed by atoms with Crippen molar-refractivity contribution in [2.75, 3.05) is 20.6 Å². The highest BCUT2D eigenvalue weighted by molar-refractivity contribution is 7.89. The lowest BCUT2D eigenvalue weighted by molar-refractivity contribution is -0.145. The third kappa shape index (κ3) is 12.2. The van der Waals surface area contributed by atoms with Crippen LogP contribution in [-0.2, 0) is 32.6 Å². The lowest BCUT2D eigenvalue weighted by atomic mass is 10.0. The number of likely N-dealkylation sites (N-methyl/N-ethyl adjacent to an activating group) is 1. The van der Waals surface area contributed by atoms with E-state index in [1.54, 1.807) is 12.1 Å². The van der Waals surface area contributed by atoms with Crippen LogP contribution >= 0.6 is 0 Å². The van der Waals surface area contributed by atoms with Gasteiger partial charge in [-0.05, 0) is 50.2 Å². The first-order valence-electron chi connectivity index (χ1n) is 13.3. The number of benzene rings is 2. The van der Waals surface area contributed by atoms with E-state index in [2.05, 4.69) is 11.6 Å². The molecule has 0 saturated heterocycles. The van der Waals surface area contributed by atoms with Crippen LogP contribution in [0.25, 0.3) is 0 Å². The molecular formula is C29H44N2O4S. The fourth-order valence-electron chi connectivity index (χ4n) is 4.17. The zero-order valence-electron chi connectivity index (χ0n) is 22.2. The Balaban J connectivity index is 1.84. The minimum atomic E-state index is -3.76. The lowest BCUT2D eigenvalue weighted by Crippen LogP contribution is -2.43. The first-order chi connectivity index (χ1) is 17.3. The van der Waals surface area contributed by atoms with Gasteiger partial charge in [-0.25, -0.2) is 13.1 Å². The molecule has 0 aliphatic rings. The van der Waals surface area contributed by atoms with E-state index in [9.17, 15) is 13.2 Å². The van der Waals surface area contributed by atoms with Crippen LogP contribution in [0.5, 0.6) is 0 Å². The van der Waals surface area contributed by atoms with Crippen molar-refractivity contribution >= 4 is 16.0 Å². The number of nitrogens with one attached hydrogen (secondary N) is 1. The molecule has 6 nitrogen and oxygen atoms in total.